The Morgan fingerprint density at radius 2 is 1.96 bits per heavy atom. The highest BCUT2D eigenvalue weighted by atomic mass is 16.5. The van der Waals surface area contributed by atoms with Gasteiger partial charge in [0.15, 0.2) is 0 Å². The first-order chi connectivity index (χ1) is 13.6. The second-order valence-corrected chi connectivity index (χ2v) is 8.20. The number of amides is 1. The molecule has 1 unspecified atom stereocenters. The molecule has 28 heavy (non-hydrogen) atoms. The molecule has 3 aliphatic rings. The number of ether oxygens (including phenoxy) is 2. The summed E-state index contributed by atoms with van der Waals surface area (Å²) in [6.07, 6.45) is 10.0. The van der Waals surface area contributed by atoms with E-state index in [2.05, 4.69) is 17.9 Å². The molecule has 1 saturated heterocycles. The van der Waals surface area contributed by atoms with E-state index in [4.69, 9.17) is 9.47 Å². The highest BCUT2D eigenvalue weighted by molar-refractivity contribution is 5.92. The number of hydrogen-bond acceptors (Lipinski definition) is 4. The Morgan fingerprint density at radius 3 is 2.68 bits per heavy atom. The maximum Gasteiger partial charge on any atom is 0.246 e. The maximum atomic E-state index is 12.7. The molecule has 1 aromatic carbocycles. The summed E-state index contributed by atoms with van der Waals surface area (Å²) in [7, 11) is 0. The Bertz CT molecular complexity index is 732. The van der Waals surface area contributed by atoms with Crippen molar-refractivity contribution in [1.82, 2.24) is 9.80 Å². The summed E-state index contributed by atoms with van der Waals surface area (Å²) in [6, 6.07) is 4.81. The summed E-state index contributed by atoms with van der Waals surface area (Å²) in [5.74, 6) is 1.82. The van der Waals surface area contributed by atoms with Gasteiger partial charge in [-0.15, -0.1) is 0 Å². The van der Waals surface area contributed by atoms with Crippen molar-refractivity contribution in [2.45, 2.75) is 58.1 Å². The van der Waals surface area contributed by atoms with Gasteiger partial charge in [0, 0.05) is 55.8 Å². The highest BCUT2D eigenvalue weighted by Gasteiger charge is 2.27. The van der Waals surface area contributed by atoms with Gasteiger partial charge in [0.25, 0.3) is 0 Å². The lowest BCUT2D eigenvalue weighted by molar-refractivity contribution is -0.127. The molecule has 5 heteroatoms. The van der Waals surface area contributed by atoms with Gasteiger partial charge < -0.3 is 14.4 Å². The van der Waals surface area contributed by atoms with Crippen LogP contribution >= 0.6 is 0 Å². The van der Waals surface area contributed by atoms with Crippen LogP contribution in [0.5, 0.6) is 11.5 Å². The van der Waals surface area contributed by atoms with Crippen LogP contribution in [0.1, 0.15) is 50.7 Å². The number of carbonyl (C=O) groups excluding carboxylic acids is 1. The lowest BCUT2D eigenvalue weighted by Gasteiger charge is -2.37. The van der Waals surface area contributed by atoms with Gasteiger partial charge in [-0.25, -0.2) is 0 Å². The van der Waals surface area contributed by atoms with Crippen molar-refractivity contribution in [3.8, 4) is 11.5 Å². The van der Waals surface area contributed by atoms with Crippen LogP contribution in [0.4, 0.5) is 0 Å². The molecule has 0 radical (unpaired) electrons. The average molecular weight is 385 g/mol. The van der Waals surface area contributed by atoms with E-state index in [-0.39, 0.29) is 12.0 Å². The number of rotatable bonds is 5. The van der Waals surface area contributed by atoms with Gasteiger partial charge in [-0.2, -0.15) is 0 Å². The van der Waals surface area contributed by atoms with Crippen molar-refractivity contribution >= 4 is 12.0 Å². The average Bonchev–Trinajstić information content (AvgIpc) is 3.35. The molecule has 1 amide bonds. The third kappa shape index (κ3) is 4.19. The van der Waals surface area contributed by atoms with E-state index in [9.17, 15) is 4.79 Å². The van der Waals surface area contributed by atoms with E-state index >= 15 is 0 Å². The van der Waals surface area contributed by atoms with Crippen LogP contribution < -0.4 is 9.47 Å². The minimum absolute atomic E-state index is 0.0864. The monoisotopic (exact) mass is 384 g/mol. The zero-order valence-corrected chi connectivity index (χ0v) is 17.2. The lowest BCUT2D eigenvalue weighted by atomic mass is 10.1. The summed E-state index contributed by atoms with van der Waals surface area (Å²) in [4.78, 5) is 17.2. The predicted molar refractivity (Wildman–Crippen MR) is 111 cm³/mol. The van der Waals surface area contributed by atoms with Gasteiger partial charge in [0.05, 0.1) is 6.61 Å². The largest absolute Gasteiger partial charge is 0.493 e. The quantitative estimate of drug-likeness (QED) is 0.729. The standard InChI is InChI=1S/C23H32N2O3/c1-3-27-21-16-19-14-17(2)28-22(19)15-18(21)8-9-23(26)25-12-10-24(11-13-25)20-6-4-5-7-20/h8-9,15-17,20H,3-7,10-14H2,1-2H3/b9-8+. The number of hydrogen-bond donors (Lipinski definition) is 0. The molecule has 1 aliphatic carbocycles. The van der Waals surface area contributed by atoms with Gasteiger partial charge in [-0.1, -0.05) is 12.8 Å². The molecule has 5 nitrogen and oxygen atoms in total. The second-order valence-electron chi connectivity index (χ2n) is 8.20. The third-order valence-corrected chi connectivity index (χ3v) is 6.20. The van der Waals surface area contributed by atoms with Crippen LogP contribution in [0.15, 0.2) is 18.2 Å². The fourth-order valence-corrected chi connectivity index (χ4v) is 4.71. The van der Waals surface area contributed by atoms with Crippen molar-refractivity contribution in [3.63, 3.8) is 0 Å². The molecule has 0 bridgehead atoms. The van der Waals surface area contributed by atoms with Crippen molar-refractivity contribution in [2.24, 2.45) is 0 Å². The first-order valence-corrected chi connectivity index (χ1v) is 10.8. The van der Waals surface area contributed by atoms with E-state index < -0.39 is 0 Å². The molecule has 0 N–H and O–H groups in total. The molecule has 1 atom stereocenters. The van der Waals surface area contributed by atoms with Crippen LogP contribution in [0.25, 0.3) is 6.08 Å². The van der Waals surface area contributed by atoms with E-state index in [0.29, 0.717) is 6.61 Å². The molecule has 152 valence electrons. The maximum absolute atomic E-state index is 12.7. The Labute approximate surface area is 168 Å². The molecule has 0 spiro atoms. The normalized spacial score (nSPS) is 23.2. The number of piperazine rings is 1. The third-order valence-electron chi connectivity index (χ3n) is 6.20. The predicted octanol–water partition coefficient (Wildman–Crippen LogP) is 3.51. The van der Waals surface area contributed by atoms with Crippen LogP contribution in [0.2, 0.25) is 0 Å². The van der Waals surface area contributed by atoms with Crippen molar-refractivity contribution in [1.29, 1.82) is 0 Å². The second kappa shape index (κ2) is 8.56. The number of nitrogens with zero attached hydrogens (tertiary/aromatic N) is 2. The molecule has 1 saturated carbocycles. The van der Waals surface area contributed by atoms with E-state index in [0.717, 1.165) is 55.7 Å². The van der Waals surface area contributed by atoms with Crippen LogP contribution in [0.3, 0.4) is 0 Å². The van der Waals surface area contributed by atoms with Gasteiger partial charge in [-0.05, 0) is 44.9 Å². The Morgan fingerprint density at radius 1 is 1.21 bits per heavy atom. The van der Waals surface area contributed by atoms with Crippen molar-refractivity contribution in [2.75, 3.05) is 32.8 Å². The fraction of sp³-hybridized carbons (Fsp3) is 0.609. The molecule has 2 heterocycles. The van der Waals surface area contributed by atoms with E-state index in [1.165, 1.54) is 31.2 Å². The van der Waals surface area contributed by atoms with E-state index in [1.807, 2.05) is 24.0 Å². The lowest BCUT2D eigenvalue weighted by Crippen LogP contribution is -2.51. The molecule has 1 aromatic rings. The van der Waals surface area contributed by atoms with Gasteiger partial charge in [0.2, 0.25) is 5.91 Å². The summed E-state index contributed by atoms with van der Waals surface area (Å²) < 4.78 is 11.7. The Balaban J connectivity index is 1.40. The Kier molecular flexibility index (Phi) is 5.90. The zero-order chi connectivity index (χ0) is 19.5. The van der Waals surface area contributed by atoms with Crippen molar-refractivity contribution in [3.05, 3.63) is 29.3 Å². The number of fused-ring (bicyclic) bond motifs is 1. The Hall–Kier alpha value is -2.01. The fourth-order valence-electron chi connectivity index (χ4n) is 4.71. The SMILES string of the molecule is CCOc1cc2c(cc1/C=C/C(=O)N1CCN(C3CCCC3)CC1)OC(C)C2. The van der Waals surface area contributed by atoms with Crippen LogP contribution in [0, 0.1) is 0 Å². The highest BCUT2D eigenvalue weighted by Crippen LogP contribution is 2.35. The molecule has 2 fully saturated rings. The first-order valence-electron chi connectivity index (χ1n) is 10.8. The van der Waals surface area contributed by atoms with Gasteiger partial charge in [0.1, 0.15) is 17.6 Å². The van der Waals surface area contributed by atoms with Crippen LogP contribution in [-0.2, 0) is 11.2 Å². The van der Waals surface area contributed by atoms with Gasteiger partial charge in [-0.3, -0.25) is 9.69 Å². The van der Waals surface area contributed by atoms with Crippen molar-refractivity contribution < 1.29 is 14.3 Å². The summed E-state index contributed by atoms with van der Waals surface area (Å²) in [5.41, 5.74) is 2.09. The smallest absolute Gasteiger partial charge is 0.246 e. The molecule has 0 aromatic heterocycles. The first kappa shape index (κ1) is 19.3. The van der Waals surface area contributed by atoms with E-state index in [1.54, 1.807) is 6.08 Å². The minimum Gasteiger partial charge on any atom is -0.493 e. The van der Waals surface area contributed by atoms with Gasteiger partial charge >= 0.3 is 0 Å². The number of carbonyl (C=O) groups is 1. The molecule has 4 rings (SSSR count). The summed E-state index contributed by atoms with van der Waals surface area (Å²) in [5, 5.41) is 0. The summed E-state index contributed by atoms with van der Waals surface area (Å²) >= 11 is 0. The topological polar surface area (TPSA) is 42.0 Å². The molecular formula is C23H32N2O3. The number of benzene rings is 1. The summed E-state index contributed by atoms with van der Waals surface area (Å²) in [6.45, 7) is 8.30. The van der Waals surface area contributed by atoms with Crippen LogP contribution in [-0.4, -0.2) is 60.6 Å². The molecular weight excluding hydrogens is 352 g/mol. The molecule has 2 aliphatic heterocycles. The zero-order valence-electron chi connectivity index (χ0n) is 17.2. The minimum atomic E-state index is 0.0864.